The van der Waals surface area contributed by atoms with Gasteiger partial charge in [0.2, 0.25) is 0 Å². The van der Waals surface area contributed by atoms with Crippen LogP contribution in [-0.2, 0) is 25.5 Å². The van der Waals surface area contributed by atoms with Crippen LogP contribution in [0.5, 0.6) is 0 Å². The van der Waals surface area contributed by atoms with Crippen molar-refractivity contribution in [2.75, 3.05) is 6.61 Å². The molecule has 1 unspecified atom stereocenters. The number of carbonyl (C=O) groups excluding carboxylic acids is 3. The quantitative estimate of drug-likeness (QED) is 0.309. The topological polar surface area (TPSA) is 134 Å². The lowest BCUT2D eigenvalue weighted by Gasteiger charge is -2.19. The number of carboxylic acid groups (broad SMARTS) is 1. The zero-order valence-corrected chi connectivity index (χ0v) is 18.9. The molecule has 3 aromatic rings. The summed E-state index contributed by atoms with van der Waals surface area (Å²) in [7, 11) is 0. The van der Waals surface area contributed by atoms with Gasteiger partial charge in [0.15, 0.2) is 0 Å². The fourth-order valence-electron chi connectivity index (χ4n) is 4.15. The van der Waals surface area contributed by atoms with Crippen molar-refractivity contribution in [1.82, 2.24) is 16.2 Å². The fourth-order valence-corrected chi connectivity index (χ4v) is 4.15. The summed E-state index contributed by atoms with van der Waals surface area (Å²) in [6.45, 7) is 0.00410. The maximum Gasteiger partial charge on any atom is 0.426 e. The minimum atomic E-state index is -1.81. The number of carbonyl (C=O) groups is 4. The first kappa shape index (κ1) is 24.4. The SMILES string of the molecule is O=C(NNC(=O)C(Cc1ccccc1F)NC(=O)C(=O)O)OCC1c2ccccc2-c2ccccc21. The molecule has 3 aromatic carbocycles. The van der Waals surface area contributed by atoms with Crippen LogP contribution in [0.15, 0.2) is 72.8 Å². The van der Waals surface area contributed by atoms with Gasteiger partial charge < -0.3 is 15.2 Å². The summed E-state index contributed by atoms with van der Waals surface area (Å²) in [6, 6.07) is 19.6. The largest absolute Gasteiger partial charge is 0.474 e. The highest BCUT2D eigenvalue weighted by Crippen LogP contribution is 2.44. The maximum absolute atomic E-state index is 14.0. The van der Waals surface area contributed by atoms with E-state index < -0.39 is 35.7 Å². The lowest BCUT2D eigenvalue weighted by atomic mass is 9.98. The standard InChI is InChI=1S/C26H22FN3O6/c27-21-12-6-1-7-15(21)13-22(28-24(32)25(33)34)23(31)29-30-26(35)36-14-20-18-10-4-2-8-16(18)17-9-3-5-11-19(17)20/h1-12,20,22H,13-14H2,(H,28,32)(H,29,31)(H,30,35)(H,33,34). The third kappa shape index (κ3) is 5.33. The normalized spacial score (nSPS) is 12.6. The first-order valence-electron chi connectivity index (χ1n) is 11.0. The van der Waals surface area contributed by atoms with Crippen molar-refractivity contribution in [3.8, 4) is 11.1 Å². The summed E-state index contributed by atoms with van der Waals surface area (Å²) in [5, 5.41) is 10.9. The van der Waals surface area contributed by atoms with Gasteiger partial charge in [-0.3, -0.25) is 15.0 Å². The summed E-state index contributed by atoms with van der Waals surface area (Å²) in [4.78, 5) is 47.4. The molecule has 1 atom stereocenters. The molecule has 10 heteroatoms. The molecule has 0 heterocycles. The molecule has 0 fully saturated rings. The number of benzene rings is 3. The van der Waals surface area contributed by atoms with Crippen LogP contribution in [0, 0.1) is 5.82 Å². The van der Waals surface area contributed by atoms with Gasteiger partial charge in [-0.2, -0.15) is 0 Å². The number of aliphatic carboxylic acids is 1. The van der Waals surface area contributed by atoms with Crippen molar-refractivity contribution in [2.45, 2.75) is 18.4 Å². The Morgan fingerprint density at radius 1 is 0.861 bits per heavy atom. The molecule has 0 aliphatic heterocycles. The van der Waals surface area contributed by atoms with Crippen LogP contribution in [0.3, 0.4) is 0 Å². The Bertz CT molecular complexity index is 1280. The van der Waals surface area contributed by atoms with Crippen LogP contribution < -0.4 is 16.2 Å². The Kier molecular flexibility index (Phi) is 7.24. The molecule has 1 aliphatic carbocycles. The minimum Gasteiger partial charge on any atom is -0.474 e. The molecule has 4 rings (SSSR count). The second-order valence-electron chi connectivity index (χ2n) is 8.07. The van der Waals surface area contributed by atoms with Gasteiger partial charge in [-0.15, -0.1) is 0 Å². The van der Waals surface area contributed by atoms with Crippen molar-refractivity contribution in [3.63, 3.8) is 0 Å². The van der Waals surface area contributed by atoms with Crippen LogP contribution in [0.4, 0.5) is 9.18 Å². The number of hydrazine groups is 1. The number of hydrogen-bond acceptors (Lipinski definition) is 5. The number of nitrogens with one attached hydrogen (secondary N) is 3. The van der Waals surface area contributed by atoms with E-state index in [2.05, 4.69) is 10.9 Å². The van der Waals surface area contributed by atoms with Crippen LogP contribution in [0.25, 0.3) is 11.1 Å². The summed E-state index contributed by atoms with van der Waals surface area (Å²) in [6.07, 6.45) is -1.30. The molecule has 0 saturated heterocycles. The second-order valence-corrected chi connectivity index (χ2v) is 8.07. The first-order chi connectivity index (χ1) is 17.3. The van der Waals surface area contributed by atoms with Crippen LogP contribution in [-0.4, -0.2) is 41.6 Å². The van der Waals surface area contributed by atoms with Gasteiger partial charge in [0, 0.05) is 12.3 Å². The maximum atomic E-state index is 14.0. The van der Waals surface area contributed by atoms with Crippen LogP contribution >= 0.6 is 0 Å². The third-order valence-electron chi connectivity index (χ3n) is 5.83. The van der Waals surface area contributed by atoms with Gasteiger partial charge in [-0.25, -0.2) is 19.4 Å². The van der Waals surface area contributed by atoms with E-state index in [-0.39, 0.29) is 24.5 Å². The van der Waals surface area contributed by atoms with Crippen molar-refractivity contribution >= 4 is 23.9 Å². The molecular formula is C26H22FN3O6. The zero-order chi connectivity index (χ0) is 25.7. The molecule has 3 amide bonds. The van der Waals surface area contributed by atoms with Gasteiger partial charge in [0.25, 0.3) is 5.91 Å². The van der Waals surface area contributed by atoms with E-state index in [0.29, 0.717) is 0 Å². The Morgan fingerprint density at radius 2 is 1.44 bits per heavy atom. The highest BCUT2D eigenvalue weighted by atomic mass is 19.1. The van der Waals surface area contributed by atoms with Gasteiger partial charge >= 0.3 is 18.0 Å². The zero-order valence-electron chi connectivity index (χ0n) is 18.9. The molecule has 0 aromatic heterocycles. The Morgan fingerprint density at radius 3 is 2.06 bits per heavy atom. The van der Waals surface area contributed by atoms with Gasteiger partial charge in [0.1, 0.15) is 18.5 Å². The molecule has 0 saturated carbocycles. The molecule has 4 N–H and O–H groups in total. The third-order valence-corrected chi connectivity index (χ3v) is 5.83. The average molecular weight is 491 g/mol. The van der Waals surface area contributed by atoms with E-state index >= 15 is 0 Å². The summed E-state index contributed by atoms with van der Waals surface area (Å²) < 4.78 is 19.4. The molecule has 9 nitrogen and oxygen atoms in total. The van der Waals surface area contributed by atoms with E-state index in [1.807, 2.05) is 53.8 Å². The van der Waals surface area contributed by atoms with Crippen molar-refractivity contribution in [1.29, 1.82) is 0 Å². The smallest absolute Gasteiger partial charge is 0.426 e. The average Bonchev–Trinajstić information content (AvgIpc) is 3.20. The van der Waals surface area contributed by atoms with Gasteiger partial charge in [0.05, 0.1) is 0 Å². The van der Waals surface area contributed by atoms with E-state index in [0.717, 1.165) is 28.3 Å². The molecule has 0 bridgehead atoms. The fraction of sp³-hybridized carbons (Fsp3) is 0.154. The molecule has 1 aliphatic rings. The van der Waals surface area contributed by atoms with E-state index in [9.17, 15) is 23.6 Å². The summed E-state index contributed by atoms with van der Waals surface area (Å²) >= 11 is 0. The summed E-state index contributed by atoms with van der Waals surface area (Å²) in [5.41, 5.74) is 8.38. The van der Waals surface area contributed by atoms with Gasteiger partial charge in [-0.1, -0.05) is 66.7 Å². The Hall–Kier alpha value is -4.73. The first-order valence-corrected chi connectivity index (χ1v) is 11.0. The Balaban J connectivity index is 1.37. The second kappa shape index (κ2) is 10.7. The van der Waals surface area contributed by atoms with Crippen molar-refractivity contribution in [2.24, 2.45) is 0 Å². The minimum absolute atomic E-state index is 0.00410. The lowest BCUT2D eigenvalue weighted by Crippen LogP contribution is -2.54. The summed E-state index contributed by atoms with van der Waals surface area (Å²) in [5.74, 6) is -5.05. The molecule has 0 spiro atoms. The number of halogens is 1. The van der Waals surface area contributed by atoms with E-state index in [1.165, 1.54) is 18.2 Å². The Labute approximate surface area is 205 Å². The molecular weight excluding hydrogens is 469 g/mol. The predicted molar refractivity (Wildman–Crippen MR) is 126 cm³/mol. The number of carboxylic acids is 1. The van der Waals surface area contributed by atoms with E-state index in [4.69, 9.17) is 9.84 Å². The van der Waals surface area contributed by atoms with Gasteiger partial charge in [-0.05, 0) is 33.9 Å². The highest BCUT2D eigenvalue weighted by Gasteiger charge is 2.29. The lowest BCUT2D eigenvalue weighted by molar-refractivity contribution is -0.151. The molecule has 184 valence electrons. The molecule has 0 radical (unpaired) electrons. The highest BCUT2D eigenvalue weighted by molar-refractivity contribution is 6.32. The van der Waals surface area contributed by atoms with Crippen molar-refractivity contribution in [3.05, 3.63) is 95.3 Å². The van der Waals surface area contributed by atoms with Crippen molar-refractivity contribution < 1.29 is 33.4 Å². The van der Waals surface area contributed by atoms with Crippen LogP contribution in [0.1, 0.15) is 22.6 Å². The predicted octanol–water partition coefficient (Wildman–Crippen LogP) is 2.51. The number of amides is 3. The number of hydrogen-bond donors (Lipinski definition) is 4. The number of ether oxygens (including phenoxy) is 1. The number of fused-ring (bicyclic) bond motifs is 3. The molecule has 36 heavy (non-hydrogen) atoms. The van der Waals surface area contributed by atoms with Crippen LogP contribution in [0.2, 0.25) is 0 Å². The van der Waals surface area contributed by atoms with E-state index in [1.54, 1.807) is 0 Å². The number of rotatable bonds is 6. The monoisotopic (exact) mass is 491 g/mol.